The maximum atomic E-state index is 12.9. The van der Waals surface area contributed by atoms with Crippen molar-refractivity contribution in [2.75, 3.05) is 6.61 Å². The summed E-state index contributed by atoms with van der Waals surface area (Å²) in [7, 11) is 0. The maximum Gasteiger partial charge on any atom is 0.330 e. The number of carbonyl (C=O) groups excluding carboxylic acids is 3. The summed E-state index contributed by atoms with van der Waals surface area (Å²) in [5.74, 6) is -1.36. The van der Waals surface area contributed by atoms with Crippen LogP contribution in [0.3, 0.4) is 0 Å². The number of hydrogen-bond acceptors (Lipinski definition) is 4. The highest BCUT2D eigenvalue weighted by atomic mass is 16.5. The summed E-state index contributed by atoms with van der Waals surface area (Å²) in [5.41, 5.74) is 1.73. The summed E-state index contributed by atoms with van der Waals surface area (Å²) >= 11 is 0. The highest BCUT2D eigenvalue weighted by molar-refractivity contribution is 5.96. The zero-order valence-electron chi connectivity index (χ0n) is 18.6. The molecule has 172 valence electrons. The van der Waals surface area contributed by atoms with Gasteiger partial charge in [0.05, 0.1) is 0 Å². The first-order valence-corrected chi connectivity index (χ1v) is 11.3. The molecule has 0 unspecified atom stereocenters. The molecule has 2 amide bonds. The molecule has 6 heteroatoms. The van der Waals surface area contributed by atoms with Crippen LogP contribution in [0.5, 0.6) is 0 Å². The predicted molar refractivity (Wildman–Crippen MR) is 129 cm³/mol. The van der Waals surface area contributed by atoms with E-state index in [1.807, 2.05) is 60.7 Å². The van der Waals surface area contributed by atoms with Crippen LogP contribution in [0.15, 0.2) is 72.8 Å². The Bertz CT molecular complexity index is 964. The topological polar surface area (TPSA) is 84.5 Å². The molecule has 0 bridgehead atoms. The van der Waals surface area contributed by atoms with Crippen LogP contribution in [0.1, 0.15) is 43.2 Å². The number of ether oxygens (including phenoxy) is 1. The van der Waals surface area contributed by atoms with Gasteiger partial charge in [0.1, 0.15) is 12.6 Å². The van der Waals surface area contributed by atoms with Crippen molar-refractivity contribution >= 4 is 29.9 Å². The van der Waals surface area contributed by atoms with Crippen molar-refractivity contribution in [3.05, 3.63) is 83.9 Å². The molecular formula is C27H30N2O4. The Balaban J connectivity index is 1.59. The van der Waals surface area contributed by atoms with E-state index in [9.17, 15) is 14.4 Å². The zero-order chi connectivity index (χ0) is 23.3. The second kappa shape index (κ2) is 13.0. The van der Waals surface area contributed by atoms with E-state index in [1.54, 1.807) is 12.2 Å². The quantitative estimate of drug-likeness (QED) is 0.452. The second-order valence-electron chi connectivity index (χ2n) is 8.02. The number of esters is 1. The third kappa shape index (κ3) is 8.77. The Kier molecular flexibility index (Phi) is 9.45. The molecule has 6 nitrogen and oxygen atoms in total. The number of nitrogens with one attached hydrogen (secondary N) is 2. The van der Waals surface area contributed by atoms with Crippen LogP contribution in [-0.4, -0.2) is 36.5 Å². The zero-order valence-corrected chi connectivity index (χ0v) is 18.6. The van der Waals surface area contributed by atoms with Crippen LogP contribution in [0.25, 0.3) is 12.2 Å². The van der Waals surface area contributed by atoms with Gasteiger partial charge >= 0.3 is 5.97 Å². The van der Waals surface area contributed by atoms with Crippen molar-refractivity contribution in [1.29, 1.82) is 0 Å². The van der Waals surface area contributed by atoms with E-state index in [0.717, 1.165) is 36.8 Å². The van der Waals surface area contributed by atoms with Crippen molar-refractivity contribution < 1.29 is 19.1 Å². The molecule has 1 aliphatic carbocycles. The Hall–Kier alpha value is -3.67. The van der Waals surface area contributed by atoms with Gasteiger partial charge in [-0.15, -0.1) is 0 Å². The van der Waals surface area contributed by atoms with E-state index in [4.69, 9.17) is 4.74 Å². The molecule has 1 fully saturated rings. The highest BCUT2D eigenvalue weighted by Crippen LogP contribution is 2.17. The summed E-state index contributed by atoms with van der Waals surface area (Å²) in [6.07, 6.45) is 11.1. The number of rotatable bonds is 9. The van der Waals surface area contributed by atoms with E-state index < -0.39 is 17.9 Å². The third-order valence-corrected chi connectivity index (χ3v) is 5.41. The van der Waals surface area contributed by atoms with Crippen molar-refractivity contribution in [1.82, 2.24) is 10.6 Å². The van der Waals surface area contributed by atoms with Gasteiger partial charge in [-0.3, -0.25) is 9.59 Å². The molecule has 0 aliphatic heterocycles. The molecule has 0 heterocycles. The normalized spacial score (nSPS) is 15.3. The van der Waals surface area contributed by atoms with E-state index >= 15 is 0 Å². The summed E-state index contributed by atoms with van der Waals surface area (Å²) in [6, 6.07) is 17.9. The standard InChI is InChI=1S/C27H30N2O4/c30-25(18-16-21-10-4-1-5-11-21)29-24(27(32)28-23-14-8-3-9-15-23)20-33-26(31)19-17-22-12-6-2-7-13-22/h1-2,4-7,10-13,16-19,23-24H,3,8-9,14-15,20H2,(H,28,32)(H,29,30)/b18-16+,19-17+/t24-/m1/s1. The van der Waals surface area contributed by atoms with Crippen molar-refractivity contribution in [2.45, 2.75) is 44.2 Å². The Morgan fingerprint density at radius 1 is 0.848 bits per heavy atom. The van der Waals surface area contributed by atoms with Crippen molar-refractivity contribution in [2.24, 2.45) is 0 Å². The van der Waals surface area contributed by atoms with Crippen LogP contribution in [-0.2, 0) is 19.1 Å². The average molecular weight is 447 g/mol. The average Bonchev–Trinajstić information content (AvgIpc) is 2.86. The molecule has 1 atom stereocenters. The number of carbonyl (C=O) groups is 3. The lowest BCUT2D eigenvalue weighted by Gasteiger charge is -2.25. The van der Waals surface area contributed by atoms with E-state index in [2.05, 4.69) is 10.6 Å². The van der Waals surface area contributed by atoms with E-state index in [0.29, 0.717) is 0 Å². The minimum absolute atomic E-state index is 0.0826. The van der Waals surface area contributed by atoms with Crippen LogP contribution in [0.4, 0.5) is 0 Å². The van der Waals surface area contributed by atoms with Gasteiger partial charge in [-0.1, -0.05) is 79.9 Å². The van der Waals surface area contributed by atoms with Gasteiger partial charge in [0.15, 0.2) is 0 Å². The fourth-order valence-corrected chi connectivity index (χ4v) is 3.63. The van der Waals surface area contributed by atoms with Gasteiger partial charge in [-0.2, -0.15) is 0 Å². The molecule has 1 aliphatic rings. The molecule has 3 rings (SSSR count). The largest absolute Gasteiger partial charge is 0.460 e. The van der Waals surface area contributed by atoms with Gasteiger partial charge in [-0.05, 0) is 36.1 Å². The molecular weight excluding hydrogens is 416 g/mol. The van der Waals surface area contributed by atoms with Gasteiger partial charge in [0.25, 0.3) is 0 Å². The molecule has 33 heavy (non-hydrogen) atoms. The number of benzene rings is 2. The van der Waals surface area contributed by atoms with Gasteiger partial charge < -0.3 is 15.4 Å². The molecule has 0 aromatic heterocycles. The van der Waals surface area contributed by atoms with Crippen LogP contribution >= 0.6 is 0 Å². The van der Waals surface area contributed by atoms with Crippen molar-refractivity contribution in [3.63, 3.8) is 0 Å². The van der Waals surface area contributed by atoms with Crippen LogP contribution in [0.2, 0.25) is 0 Å². The lowest BCUT2D eigenvalue weighted by Crippen LogP contribution is -2.52. The first kappa shape index (κ1) is 24.0. The monoisotopic (exact) mass is 446 g/mol. The highest BCUT2D eigenvalue weighted by Gasteiger charge is 2.25. The molecule has 1 saturated carbocycles. The summed E-state index contributed by atoms with van der Waals surface area (Å²) in [4.78, 5) is 37.5. The molecule has 2 aromatic rings. The Morgan fingerprint density at radius 3 is 2.03 bits per heavy atom. The minimum atomic E-state index is -0.978. The van der Waals surface area contributed by atoms with Crippen molar-refractivity contribution in [3.8, 4) is 0 Å². The summed E-state index contributed by atoms with van der Waals surface area (Å²) < 4.78 is 5.27. The third-order valence-electron chi connectivity index (χ3n) is 5.41. The fraction of sp³-hybridized carbons (Fsp3) is 0.296. The summed E-state index contributed by atoms with van der Waals surface area (Å²) in [6.45, 7) is -0.249. The summed E-state index contributed by atoms with van der Waals surface area (Å²) in [5, 5.41) is 5.66. The first-order valence-electron chi connectivity index (χ1n) is 11.3. The SMILES string of the molecule is O=C(/C=C/c1ccccc1)N[C@H](COC(=O)/C=C/c1ccccc1)C(=O)NC1CCCCC1. The lowest BCUT2D eigenvalue weighted by molar-refractivity contribution is -0.141. The van der Waals surface area contributed by atoms with Crippen LogP contribution < -0.4 is 10.6 Å². The predicted octanol–water partition coefficient (Wildman–Crippen LogP) is 3.89. The molecule has 2 N–H and O–H groups in total. The molecule has 2 aromatic carbocycles. The Morgan fingerprint density at radius 2 is 1.42 bits per heavy atom. The number of amides is 2. The minimum Gasteiger partial charge on any atom is -0.460 e. The van der Waals surface area contributed by atoms with Crippen LogP contribution in [0, 0.1) is 0 Å². The Labute approximate surface area is 194 Å². The van der Waals surface area contributed by atoms with Gasteiger partial charge in [0, 0.05) is 18.2 Å². The first-order chi connectivity index (χ1) is 16.1. The molecule has 0 radical (unpaired) electrons. The molecule has 0 spiro atoms. The van der Waals surface area contributed by atoms with E-state index in [1.165, 1.54) is 18.6 Å². The van der Waals surface area contributed by atoms with Gasteiger partial charge in [0.2, 0.25) is 11.8 Å². The molecule has 0 saturated heterocycles. The maximum absolute atomic E-state index is 12.9. The second-order valence-corrected chi connectivity index (χ2v) is 8.02. The smallest absolute Gasteiger partial charge is 0.330 e. The lowest BCUT2D eigenvalue weighted by atomic mass is 9.95. The van der Waals surface area contributed by atoms with E-state index in [-0.39, 0.29) is 18.6 Å². The number of hydrogen-bond donors (Lipinski definition) is 2. The van der Waals surface area contributed by atoms with Gasteiger partial charge in [-0.25, -0.2) is 4.79 Å². The fourth-order valence-electron chi connectivity index (χ4n) is 3.63.